The zero-order valence-corrected chi connectivity index (χ0v) is 13.7. The lowest BCUT2D eigenvalue weighted by atomic mass is 9.87. The van der Waals surface area contributed by atoms with Crippen LogP contribution in [0.1, 0.15) is 42.6 Å². The monoisotopic (exact) mass is 316 g/mol. The van der Waals surface area contributed by atoms with Crippen LogP contribution in [0.4, 0.5) is 5.69 Å². The first-order valence-corrected chi connectivity index (χ1v) is 7.26. The largest absolute Gasteiger partial charge is 0.450 e. The third-order valence-electron chi connectivity index (χ3n) is 3.20. The normalized spacial score (nSPS) is 11.1. The third kappa shape index (κ3) is 4.67. The molecule has 0 saturated heterocycles. The number of rotatable bonds is 4. The molecule has 0 aliphatic carbocycles. The number of carbonyl (C=O) groups is 2. The fourth-order valence-electron chi connectivity index (χ4n) is 1.91. The molecule has 1 aromatic carbocycles. The molecule has 6 heteroatoms. The average molecular weight is 316 g/mol. The van der Waals surface area contributed by atoms with Gasteiger partial charge in [-0.1, -0.05) is 38.1 Å². The number of nitrogens with zero attached hydrogens (tertiary/aromatic N) is 1. The molecule has 1 N–H and O–H groups in total. The Bertz CT molecular complexity index is 696. The number of hydrogen-bond donors (Lipinski definition) is 1. The molecular weight excluding hydrogens is 296 g/mol. The molecule has 0 bridgehead atoms. The van der Waals surface area contributed by atoms with Gasteiger partial charge in [0.2, 0.25) is 5.76 Å². The van der Waals surface area contributed by atoms with E-state index in [1.165, 1.54) is 11.6 Å². The Balaban J connectivity index is 1.86. The number of ether oxygens (including phenoxy) is 1. The minimum absolute atomic E-state index is 0.0233. The summed E-state index contributed by atoms with van der Waals surface area (Å²) in [5.74, 6) is -1.16. The molecule has 0 unspecified atom stereocenters. The number of benzene rings is 1. The summed E-state index contributed by atoms with van der Waals surface area (Å²) in [6.45, 7) is 7.65. The lowest BCUT2D eigenvalue weighted by molar-refractivity contribution is -0.119. The van der Waals surface area contributed by atoms with E-state index in [4.69, 9.17) is 9.26 Å². The molecule has 0 spiro atoms. The molecule has 1 heterocycles. The summed E-state index contributed by atoms with van der Waals surface area (Å²) in [5.41, 5.74) is 2.44. The molecule has 2 rings (SSSR count). The molecule has 23 heavy (non-hydrogen) atoms. The summed E-state index contributed by atoms with van der Waals surface area (Å²) in [4.78, 5) is 23.4. The van der Waals surface area contributed by atoms with Crippen LogP contribution in [-0.4, -0.2) is 23.6 Å². The molecular formula is C17H20N2O4. The van der Waals surface area contributed by atoms with Crippen molar-refractivity contribution in [1.29, 1.82) is 0 Å². The minimum Gasteiger partial charge on any atom is -0.450 e. The number of nitrogens with one attached hydrogen (secondary N) is 1. The van der Waals surface area contributed by atoms with E-state index >= 15 is 0 Å². The SMILES string of the molecule is Cc1cc(C(=O)OCC(=O)Nc2ccc(C(C)(C)C)cc2)on1. The summed E-state index contributed by atoms with van der Waals surface area (Å²) in [6.07, 6.45) is 0. The second kappa shape index (κ2) is 6.64. The number of aryl methyl sites for hydroxylation is 1. The van der Waals surface area contributed by atoms with E-state index in [2.05, 4.69) is 31.2 Å². The molecule has 6 nitrogen and oxygen atoms in total. The highest BCUT2D eigenvalue weighted by atomic mass is 16.6. The van der Waals surface area contributed by atoms with Crippen molar-refractivity contribution in [3.05, 3.63) is 47.3 Å². The predicted octanol–water partition coefficient (Wildman–Crippen LogP) is 3.08. The van der Waals surface area contributed by atoms with Crippen LogP contribution in [0.2, 0.25) is 0 Å². The van der Waals surface area contributed by atoms with Crippen LogP contribution in [0.15, 0.2) is 34.9 Å². The van der Waals surface area contributed by atoms with Crippen LogP contribution >= 0.6 is 0 Å². The molecule has 1 amide bonds. The number of hydrogen-bond acceptors (Lipinski definition) is 5. The molecule has 0 fully saturated rings. The highest BCUT2D eigenvalue weighted by molar-refractivity contribution is 5.94. The van der Waals surface area contributed by atoms with Crippen molar-refractivity contribution in [1.82, 2.24) is 5.16 Å². The van der Waals surface area contributed by atoms with Gasteiger partial charge in [0.15, 0.2) is 6.61 Å². The van der Waals surface area contributed by atoms with E-state index in [1.54, 1.807) is 6.92 Å². The van der Waals surface area contributed by atoms with Gasteiger partial charge in [0.1, 0.15) is 0 Å². The van der Waals surface area contributed by atoms with Gasteiger partial charge in [0.25, 0.3) is 5.91 Å². The predicted molar refractivity (Wildman–Crippen MR) is 85.3 cm³/mol. The molecule has 0 saturated carbocycles. The number of amides is 1. The average Bonchev–Trinajstić information content (AvgIpc) is 2.91. The summed E-state index contributed by atoms with van der Waals surface area (Å²) in [7, 11) is 0. The van der Waals surface area contributed by atoms with Crippen molar-refractivity contribution in [3.63, 3.8) is 0 Å². The van der Waals surface area contributed by atoms with Crippen LogP contribution in [0.5, 0.6) is 0 Å². The maximum Gasteiger partial charge on any atom is 0.377 e. The number of esters is 1. The van der Waals surface area contributed by atoms with Crippen molar-refractivity contribution < 1.29 is 18.8 Å². The van der Waals surface area contributed by atoms with E-state index in [1.807, 2.05) is 24.3 Å². The molecule has 1 aromatic heterocycles. The van der Waals surface area contributed by atoms with Crippen molar-refractivity contribution in [2.75, 3.05) is 11.9 Å². The highest BCUT2D eigenvalue weighted by Crippen LogP contribution is 2.23. The van der Waals surface area contributed by atoms with E-state index < -0.39 is 11.9 Å². The second-order valence-corrected chi connectivity index (χ2v) is 6.28. The smallest absolute Gasteiger partial charge is 0.377 e. The van der Waals surface area contributed by atoms with E-state index in [-0.39, 0.29) is 17.8 Å². The first kappa shape index (κ1) is 16.7. The Morgan fingerprint density at radius 2 is 1.87 bits per heavy atom. The zero-order valence-electron chi connectivity index (χ0n) is 13.7. The zero-order chi connectivity index (χ0) is 17.0. The van der Waals surface area contributed by atoms with Crippen LogP contribution in [-0.2, 0) is 14.9 Å². The van der Waals surface area contributed by atoms with Gasteiger partial charge in [0.05, 0.1) is 5.69 Å². The van der Waals surface area contributed by atoms with Crippen LogP contribution in [0.3, 0.4) is 0 Å². The minimum atomic E-state index is -0.719. The molecule has 0 atom stereocenters. The number of anilines is 1. The third-order valence-corrected chi connectivity index (χ3v) is 3.20. The molecule has 2 aromatic rings. The van der Waals surface area contributed by atoms with Crippen molar-refractivity contribution in [2.45, 2.75) is 33.1 Å². The summed E-state index contributed by atoms with van der Waals surface area (Å²) < 4.78 is 9.63. The van der Waals surface area contributed by atoms with Gasteiger partial charge >= 0.3 is 5.97 Å². The van der Waals surface area contributed by atoms with E-state index in [9.17, 15) is 9.59 Å². The standard InChI is InChI=1S/C17H20N2O4/c1-11-9-14(23-19-11)16(21)22-10-15(20)18-13-7-5-12(6-8-13)17(2,3)4/h5-9H,10H2,1-4H3,(H,18,20). The lowest BCUT2D eigenvalue weighted by Gasteiger charge is -2.19. The fraction of sp³-hybridized carbons (Fsp3) is 0.353. The van der Waals surface area contributed by atoms with Crippen LogP contribution in [0, 0.1) is 6.92 Å². The van der Waals surface area contributed by atoms with Gasteiger partial charge in [-0.25, -0.2) is 4.79 Å². The van der Waals surface area contributed by atoms with Crippen molar-refractivity contribution in [3.8, 4) is 0 Å². The second-order valence-electron chi connectivity index (χ2n) is 6.28. The lowest BCUT2D eigenvalue weighted by Crippen LogP contribution is -2.21. The maximum absolute atomic E-state index is 11.8. The first-order chi connectivity index (χ1) is 10.8. The van der Waals surface area contributed by atoms with Gasteiger partial charge in [-0.3, -0.25) is 4.79 Å². The Morgan fingerprint density at radius 1 is 1.22 bits per heavy atom. The fourth-order valence-corrected chi connectivity index (χ4v) is 1.91. The van der Waals surface area contributed by atoms with Gasteiger partial charge in [-0.15, -0.1) is 0 Å². The van der Waals surface area contributed by atoms with E-state index in [0.717, 1.165) is 0 Å². The quantitative estimate of drug-likeness (QED) is 0.877. The van der Waals surface area contributed by atoms with Gasteiger partial charge in [-0.2, -0.15) is 0 Å². The maximum atomic E-state index is 11.8. The van der Waals surface area contributed by atoms with E-state index in [0.29, 0.717) is 11.4 Å². The number of aromatic nitrogens is 1. The molecule has 0 aliphatic heterocycles. The van der Waals surface area contributed by atoms with Crippen LogP contribution < -0.4 is 5.32 Å². The van der Waals surface area contributed by atoms with Gasteiger partial charge < -0.3 is 14.6 Å². The van der Waals surface area contributed by atoms with Gasteiger partial charge in [-0.05, 0) is 30.0 Å². The summed E-state index contributed by atoms with van der Waals surface area (Å²) >= 11 is 0. The molecule has 0 radical (unpaired) electrons. The highest BCUT2D eigenvalue weighted by Gasteiger charge is 2.16. The summed E-state index contributed by atoms with van der Waals surface area (Å²) in [6, 6.07) is 9.00. The van der Waals surface area contributed by atoms with Gasteiger partial charge in [0, 0.05) is 11.8 Å². The number of carbonyl (C=O) groups excluding carboxylic acids is 2. The topological polar surface area (TPSA) is 81.4 Å². The molecule has 122 valence electrons. The Labute approximate surface area is 134 Å². The summed E-state index contributed by atoms with van der Waals surface area (Å²) in [5, 5.41) is 6.25. The Hall–Kier alpha value is -2.63. The van der Waals surface area contributed by atoms with Crippen molar-refractivity contribution >= 4 is 17.6 Å². The first-order valence-electron chi connectivity index (χ1n) is 7.26. The Morgan fingerprint density at radius 3 is 2.39 bits per heavy atom. The molecule has 0 aliphatic rings. The Kier molecular flexibility index (Phi) is 4.83. The van der Waals surface area contributed by atoms with Crippen LogP contribution in [0.25, 0.3) is 0 Å². The van der Waals surface area contributed by atoms with Crippen molar-refractivity contribution in [2.24, 2.45) is 0 Å².